The molecule has 1 aromatic carbocycles. The van der Waals surface area contributed by atoms with E-state index in [9.17, 15) is 9.90 Å². The van der Waals surface area contributed by atoms with Crippen LogP contribution in [0.25, 0.3) is 0 Å². The van der Waals surface area contributed by atoms with E-state index in [1.807, 2.05) is 30.3 Å². The van der Waals surface area contributed by atoms with Gasteiger partial charge in [0.1, 0.15) is 6.61 Å². The second-order valence-electron chi connectivity index (χ2n) is 6.14. The van der Waals surface area contributed by atoms with Crippen molar-refractivity contribution < 1.29 is 14.6 Å². The van der Waals surface area contributed by atoms with Crippen molar-refractivity contribution in [1.82, 2.24) is 5.32 Å². The number of benzene rings is 1. The number of carbonyl (C=O) groups excluding carboxylic acids is 1. The van der Waals surface area contributed by atoms with Crippen molar-refractivity contribution in [3.63, 3.8) is 0 Å². The van der Waals surface area contributed by atoms with Gasteiger partial charge in [0.15, 0.2) is 0 Å². The molecule has 4 nitrogen and oxygen atoms in total. The molecule has 1 aliphatic rings. The molecule has 0 aliphatic heterocycles. The van der Waals surface area contributed by atoms with E-state index in [0.29, 0.717) is 5.92 Å². The highest BCUT2D eigenvalue weighted by molar-refractivity contribution is 5.67. The molecular weight excluding hydrogens is 278 g/mol. The molecule has 0 aromatic heterocycles. The van der Waals surface area contributed by atoms with Crippen LogP contribution in [0.2, 0.25) is 0 Å². The summed E-state index contributed by atoms with van der Waals surface area (Å²) in [6.07, 6.45) is 5.02. The van der Waals surface area contributed by atoms with Crippen molar-refractivity contribution in [3.8, 4) is 0 Å². The molecule has 4 heteroatoms. The lowest BCUT2D eigenvalue weighted by Crippen LogP contribution is -2.47. The summed E-state index contributed by atoms with van der Waals surface area (Å²) in [4.78, 5) is 12.0. The zero-order valence-electron chi connectivity index (χ0n) is 13.3. The van der Waals surface area contributed by atoms with E-state index >= 15 is 0 Å². The number of carbonyl (C=O) groups is 1. The number of ether oxygens (including phenoxy) is 1. The molecule has 1 aliphatic carbocycles. The number of aliphatic hydroxyl groups is 1. The first-order chi connectivity index (χ1) is 10.7. The third-order valence-corrected chi connectivity index (χ3v) is 4.60. The van der Waals surface area contributed by atoms with E-state index in [1.165, 1.54) is 0 Å². The Hall–Kier alpha value is -1.55. The fraction of sp³-hybridized carbons (Fsp3) is 0.611. The highest BCUT2D eigenvalue weighted by Gasteiger charge is 2.33. The number of aliphatic hydroxyl groups excluding tert-OH is 1. The van der Waals surface area contributed by atoms with Crippen molar-refractivity contribution in [1.29, 1.82) is 0 Å². The monoisotopic (exact) mass is 305 g/mol. The third kappa shape index (κ3) is 4.73. The van der Waals surface area contributed by atoms with Crippen LogP contribution in [-0.2, 0) is 11.3 Å². The summed E-state index contributed by atoms with van der Waals surface area (Å²) < 4.78 is 5.29. The van der Waals surface area contributed by atoms with Crippen molar-refractivity contribution in [3.05, 3.63) is 35.9 Å². The molecule has 0 bridgehead atoms. The van der Waals surface area contributed by atoms with E-state index in [4.69, 9.17) is 4.74 Å². The molecule has 22 heavy (non-hydrogen) atoms. The fourth-order valence-electron chi connectivity index (χ4n) is 3.46. The molecule has 1 fully saturated rings. The molecule has 2 N–H and O–H groups in total. The molecule has 1 saturated carbocycles. The number of alkyl carbamates (subject to hydrolysis) is 1. The second-order valence-corrected chi connectivity index (χ2v) is 6.14. The molecule has 0 unspecified atom stereocenters. The van der Waals surface area contributed by atoms with Crippen molar-refractivity contribution in [2.45, 2.75) is 51.7 Å². The molecular formula is C18H27NO3. The summed E-state index contributed by atoms with van der Waals surface area (Å²) in [7, 11) is 0. The Labute approximate surface area is 132 Å². The third-order valence-electron chi connectivity index (χ3n) is 4.60. The lowest BCUT2D eigenvalue weighted by molar-refractivity contribution is 0.0819. The number of rotatable bonds is 6. The SMILES string of the molecule is CCC[C@H]1CCC[C@H](NC(=O)OCc2ccccc2)[C@H]1CO. The van der Waals surface area contributed by atoms with Gasteiger partial charge < -0.3 is 15.2 Å². The Balaban J connectivity index is 1.84. The number of amides is 1. The van der Waals surface area contributed by atoms with Gasteiger partial charge in [0.25, 0.3) is 0 Å². The van der Waals surface area contributed by atoms with Gasteiger partial charge in [-0.1, -0.05) is 56.5 Å². The molecule has 0 radical (unpaired) electrons. The first-order valence-corrected chi connectivity index (χ1v) is 8.32. The van der Waals surface area contributed by atoms with Gasteiger partial charge in [-0.2, -0.15) is 0 Å². The quantitative estimate of drug-likeness (QED) is 0.846. The fourth-order valence-corrected chi connectivity index (χ4v) is 3.46. The maximum atomic E-state index is 12.0. The number of hydrogen-bond acceptors (Lipinski definition) is 3. The molecule has 0 spiro atoms. The molecule has 122 valence electrons. The van der Waals surface area contributed by atoms with Crippen molar-refractivity contribution in [2.24, 2.45) is 11.8 Å². The highest BCUT2D eigenvalue weighted by atomic mass is 16.5. The van der Waals surface area contributed by atoms with Crippen LogP contribution in [0.3, 0.4) is 0 Å². The van der Waals surface area contributed by atoms with Gasteiger partial charge in [-0.05, 0) is 24.3 Å². The van der Waals surface area contributed by atoms with Gasteiger partial charge in [0.2, 0.25) is 0 Å². The largest absolute Gasteiger partial charge is 0.445 e. The minimum absolute atomic E-state index is 0.0265. The van der Waals surface area contributed by atoms with Crippen LogP contribution in [0.5, 0.6) is 0 Å². The average Bonchev–Trinajstić information content (AvgIpc) is 2.54. The van der Waals surface area contributed by atoms with Gasteiger partial charge in [-0.15, -0.1) is 0 Å². The van der Waals surface area contributed by atoms with Gasteiger partial charge in [-0.3, -0.25) is 0 Å². The van der Waals surface area contributed by atoms with Gasteiger partial charge in [-0.25, -0.2) is 4.79 Å². The Morgan fingerprint density at radius 3 is 2.77 bits per heavy atom. The topological polar surface area (TPSA) is 58.6 Å². The first kappa shape index (κ1) is 16.8. The predicted molar refractivity (Wildman–Crippen MR) is 86.4 cm³/mol. The Morgan fingerprint density at radius 2 is 2.09 bits per heavy atom. The summed E-state index contributed by atoms with van der Waals surface area (Å²) in [6.45, 7) is 2.58. The lowest BCUT2D eigenvalue weighted by atomic mass is 9.74. The zero-order chi connectivity index (χ0) is 15.8. The highest BCUT2D eigenvalue weighted by Crippen LogP contribution is 2.33. The molecule has 0 heterocycles. The Morgan fingerprint density at radius 1 is 1.32 bits per heavy atom. The second kappa shape index (κ2) is 8.79. The van der Waals surface area contributed by atoms with E-state index in [-0.39, 0.29) is 31.3 Å². The minimum Gasteiger partial charge on any atom is -0.445 e. The minimum atomic E-state index is -0.385. The normalized spacial score (nSPS) is 24.7. The molecule has 1 aromatic rings. The summed E-state index contributed by atoms with van der Waals surface area (Å²) in [6, 6.07) is 9.68. The smallest absolute Gasteiger partial charge is 0.407 e. The molecule has 3 atom stereocenters. The molecule has 2 rings (SSSR count). The van der Waals surface area contributed by atoms with Crippen LogP contribution in [0.15, 0.2) is 30.3 Å². The van der Waals surface area contributed by atoms with Gasteiger partial charge in [0.05, 0.1) is 0 Å². The van der Waals surface area contributed by atoms with E-state index < -0.39 is 0 Å². The standard InChI is InChI=1S/C18H27NO3/c1-2-7-15-10-6-11-17(16(15)12-20)19-18(21)22-13-14-8-4-3-5-9-14/h3-5,8-9,15-17,20H,2,6-7,10-13H2,1H3,(H,19,21)/t15-,16-,17-/m0/s1. The van der Waals surface area contributed by atoms with Crippen LogP contribution < -0.4 is 5.32 Å². The average molecular weight is 305 g/mol. The van der Waals surface area contributed by atoms with Gasteiger partial charge in [0, 0.05) is 18.6 Å². The summed E-state index contributed by atoms with van der Waals surface area (Å²) >= 11 is 0. The van der Waals surface area contributed by atoms with Crippen molar-refractivity contribution in [2.75, 3.05) is 6.61 Å². The predicted octanol–water partition coefficient (Wildman–Crippen LogP) is 3.49. The Kier molecular flexibility index (Phi) is 6.72. The summed E-state index contributed by atoms with van der Waals surface area (Å²) in [5, 5.41) is 12.6. The van der Waals surface area contributed by atoms with Crippen molar-refractivity contribution >= 4 is 6.09 Å². The first-order valence-electron chi connectivity index (χ1n) is 8.32. The van der Waals surface area contributed by atoms with Gasteiger partial charge >= 0.3 is 6.09 Å². The van der Waals surface area contributed by atoms with Crippen LogP contribution in [0.1, 0.15) is 44.6 Å². The molecule has 0 saturated heterocycles. The van der Waals surface area contributed by atoms with Crippen LogP contribution >= 0.6 is 0 Å². The van der Waals surface area contributed by atoms with E-state index in [1.54, 1.807) is 0 Å². The van der Waals surface area contributed by atoms with E-state index in [2.05, 4.69) is 12.2 Å². The number of nitrogens with one attached hydrogen (secondary N) is 1. The zero-order valence-corrected chi connectivity index (χ0v) is 13.3. The summed E-state index contributed by atoms with van der Waals surface area (Å²) in [5.74, 6) is 0.654. The van der Waals surface area contributed by atoms with Crippen LogP contribution in [0, 0.1) is 11.8 Å². The summed E-state index contributed by atoms with van der Waals surface area (Å²) in [5.41, 5.74) is 0.976. The maximum Gasteiger partial charge on any atom is 0.407 e. The lowest BCUT2D eigenvalue weighted by Gasteiger charge is -2.37. The maximum absolute atomic E-state index is 12.0. The Bertz CT molecular complexity index is 447. The number of hydrogen-bond donors (Lipinski definition) is 2. The van der Waals surface area contributed by atoms with Crippen LogP contribution in [0.4, 0.5) is 4.79 Å². The van der Waals surface area contributed by atoms with Crippen LogP contribution in [-0.4, -0.2) is 23.8 Å². The molecule has 1 amide bonds. The van der Waals surface area contributed by atoms with E-state index in [0.717, 1.165) is 37.7 Å².